The zero-order valence-electron chi connectivity index (χ0n) is 6.53. The Morgan fingerprint density at radius 2 is 1.92 bits per heavy atom. The third-order valence-corrected chi connectivity index (χ3v) is 2.17. The number of aromatic nitrogens is 1. The molecule has 0 bridgehead atoms. The van der Waals surface area contributed by atoms with Gasteiger partial charge in [0.25, 0.3) is 0 Å². The number of fused-ring (bicyclic) bond motifs is 2. The van der Waals surface area contributed by atoms with Crippen LogP contribution in [0.4, 0.5) is 0 Å². The quantitative estimate of drug-likeness (QED) is 0.554. The van der Waals surface area contributed by atoms with Crippen LogP contribution in [0.25, 0.3) is 22.1 Å². The van der Waals surface area contributed by atoms with Crippen molar-refractivity contribution in [2.75, 3.05) is 0 Å². The molecule has 0 aliphatic carbocycles. The normalized spacial score (nSPS) is 11.4. The van der Waals surface area contributed by atoms with Crippen molar-refractivity contribution in [3.8, 4) is 0 Å². The summed E-state index contributed by atoms with van der Waals surface area (Å²) < 4.78 is 10.4. The Morgan fingerprint density at radius 1 is 1.15 bits per heavy atom. The summed E-state index contributed by atoms with van der Waals surface area (Å²) in [6.45, 7) is 0. The molecule has 0 aliphatic rings. The van der Waals surface area contributed by atoms with Gasteiger partial charge in [0.2, 0.25) is 0 Å². The van der Waals surface area contributed by atoms with Crippen LogP contribution in [0.15, 0.2) is 33.2 Å². The molecule has 13 heavy (non-hydrogen) atoms. The molecule has 1 N–H and O–H groups in total. The van der Waals surface area contributed by atoms with Gasteiger partial charge in [-0.3, -0.25) is 0 Å². The van der Waals surface area contributed by atoms with Crippen LogP contribution in [-0.2, 0) is 0 Å². The highest BCUT2D eigenvalue weighted by Gasteiger charge is 2.03. The lowest BCUT2D eigenvalue weighted by atomic mass is 10.2. The average Bonchev–Trinajstić information content (AvgIpc) is 2.63. The standard InChI is InChI=1S/C9H5NO2S/c13-9-11-7-3-5-1-2-10-6(5)4-8(7)12-9/h1-4,10H. The molecule has 64 valence electrons. The summed E-state index contributed by atoms with van der Waals surface area (Å²) >= 11 is 4.78. The zero-order valence-corrected chi connectivity index (χ0v) is 7.35. The van der Waals surface area contributed by atoms with Crippen LogP contribution in [0.1, 0.15) is 0 Å². The van der Waals surface area contributed by atoms with Crippen molar-refractivity contribution in [1.82, 2.24) is 4.98 Å². The second-order valence-corrected chi connectivity index (χ2v) is 3.15. The predicted molar refractivity (Wildman–Crippen MR) is 51.2 cm³/mol. The molecule has 0 fully saturated rings. The van der Waals surface area contributed by atoms with Crippen molar-refractivity contribution in [3.05, 3.63) is 29.3 Å². The highest BCUT2D eigenvalue weighted by atomic mass is 32.1. The minimum Gasteiger partial charge on any atom is -0.413 e. The van der Waals surface area contributed by atoms with Gasteiger partial charge in [-0.15, -0.1) is 0 Å². The number of rotatable bonds is 0. The Hall–Kier alpha value is -1.55. The minimum absolute atomic E-state index is 0.169. The summed E-state index contributed by atoms with van der Waals surface area (Å²) in [5, 5.41) is 1.09. The highest BCUT2D eigenvalue weighted by molar-refractivity contribution is 7.71. The molecule has 3 aromatic rings. The molecule has 0 amide bonds. The first-order valence-electron chi connectivity index (χ1n) is 3.84. The van der Waals surface area contributed by atoms with Crippen molar-refractivity contribution >= 4 is 34.3 Å². The molecule has 0 unspecified atom stereocenters. The van der Waals surface area contributed by atoms with Gasteiger partial charge in [0, 0.05) is 35.4 Å². The van der Waals surface area contributed by atoms with E-state index in [4.69, 9.17) is 21.1 Å². The van der Waals surface area contributed by atoms with Gasteiger partial charge in [0.05, 0.1) is 0 Å². The van der Waals surface area contributed by atoms with Crippen molar-refractivity contribution in [3.63, 3.8) is 0 Å². The fraction of sp³-hybridized carbons (Fsp3) is 0. The van der Waals surface area contributed by atoms with Gasteiger partial charge in [-0.2, -0.15) is 0 Å². The molecule has 0 atom stereocenters. The Kier molecular flexibility index (Phi) is 1.19. The van der Waals surface area contributed by atoms with Crippen molar-refractivity contribution in [1.29, 1.82) is 0 Å². The minimum atomic E-state index is 0.169. The van der Waals surface area contributed by atoms with Crippen molar-refractivity contribution in [2.24, 2.45) is 0 Å². The molecule has 0 aliphatic heterocycles. The largest absolute Gasteiger partial charge is 0.413 e. The van der Waals surface area contributed by atoms with Crippen molar-refractivity contribution in [2.45, 2.75) is 0 Å². The summed E-state index contributed by atoms with van der Waals surface area (Å²) in [6, 6.07) is 5.75. The van der Waals surface area contributed by atoms with Crippen LogP contribution in [0.2, 0.25) is 0 Å². The topological polar surface area (TPSA) is 42.1 Å². The number of aromatic amines is 1. The fourth-order valence-electron chi connectivity index (χ4n) is 1.42. The van der Waals surface area contributed by atoms with Gasteiger partial charge in [-0.1, -0.05) is 0 Å². The second kappa shape index (κ2) is 2.23. The lowest BCUT2D eigenvalue weighted by Gasteiger charge is -1.86. The van der Waals surface area contributed by atoms with E-state index in [1.807, 2.05) is 24.4 Å². The number of hydrogen-bond acceptors (Lipinski definition) is 3. The van der Waals surface area contributed by atoms with E-state index >= 15 is 0 Å². The number of hydrogen-bond donors (Lipinski definition) is 1. The molecule has 2 heterocycles. The van der Waals surface area contributed by atoms with E-state index in [2.05, 4.69) is 4.98 Å². The first-order chi connectivity index (χ1) is 6.33. The van der Waals surface area contributed by atoms with Gasteiger partial charge < -0.3 is 13.8 Å². The molecule has 4 heteroatoms. The first-order valence-corrected chi connectivity index (χ1v) is 4.24. The number of benzene rings is 1. The second-order valence-electron chi connectivity index (χ2n) is 2.82. The van der Waals surface area contributed by atoms with Crippen LogP contribution >= 0.6 is 12.2 Å². The fourth-order valence-corrected chi connectivity index (χ4v) is 1.60. The van der Waals surface area contributed by atoms with E-state index in [9.17, 15) is 0 Å². The van der Waals surface area contributed by atoms with E-state index in [1.54, 1.807) is 0 Å². The molecular weight excluding hydrogens is 186 g/mol. The molecule has 0 saturated heterocycles. The first kappa shape index (κ1) is 6.91. The smallest absolute Gasteiger partial charge is 0.363 e. The summed E-state index contributed by atoms with van der Waals surface area (Å²) in [6.07, 6.45) is 1.87. The van der Waals surface area contributed by atoms with Crippen LogP contribution < -0.4 is 0 Å². The van der Waals surface area contributed by atoms with E-state index < -0.39 is 0 Å². The molecule has 0 radical (unpaired) electrons. The van der Waals surface area contributed by atoms with Gasteiger partial charge in [-0.05, 0) is 12.1 Å². The van der Waals surface area contributed by atoms with Crippen LogP contribution in [0.5, 0.6) is 0 Å². The number of H-pyrrole nitrogens is 1. The maximum absolute atomic E-state index is 5.18. The van der Waals surface area contributed by atoms with Crippen LogP contribution in [0, 0.1) is 4.90 Å². The lowest BCUT2D eigenvalue weighted by molar-refractivity contribution is 0.444. The zero-order chi connectivity index (χ0) is 8.84. The third kappa shape index (κ3) is 0.922. The summed E-state index contributed by atoms with van der Waals surface area (Å²) in [5.41, 5.74) is 2.39. The average molecular weight is 191 g/mol. The maximum Gasteiger partial charge on any atom is 0.363 e. The van der Waals surface area contributed by atoms with E-state index in [1.165, 1.54) is 0 Å². The Morgan fingerprint density at radius 3 is 2.77 bits per heavy atom. The molecule has 2 aromatic heterocycles. The van der Waals surface area contributed by atoms with Gasteiger partial charge >= 0.3 is 4.90 Å². The summed E-state index contributed by atoms with van der Waals surface area (Å²) in [7, 11) is 0. The Balaban J connectivity index is 2.62. The molecule has 3 nitrogen and oxygen atoms in total. The van der Waals surface area contributed by atoms with Crippen LogP contribution in [-0.4, -0.2) is 4.98 Å². The van der Waals surface area contributed by atoms with E-state index in [0.717, 1.165) is 10.9 Å². The SMILES string of the molecule is S=c1oc2cc3cc[nH]c3cc2o1. The van der Waals surface area contributed by atoms with Crippen molar-refractivity contribution < 1.29 is 8.83 Å². The lowest BCUT2D eigenvalue weighted by Crippen LogP contribution is -1.66. The van der Waals surface area contributed by atoms with Crippen LogP contribution in [0.3, 0.4) is 0 Å². The Labute approximate surface area is 78.0 Å². The molecule has 0 spiro atoms. The molecule has 3 rings (SSSR count). The highest BCUT2D eigenvalue weighted by Crippen LogP contribution is 2.23. The summed E-state index contributed by atoms with van der Waals surface area (Å²) in [4.78, 5) is 3.25. The molecule has 1 aromatic carbocycles. The predicted octanol–water partition coefficient (Wildman–Crippen LogP) is 3.24. The monoisotopic (exact) mass is 191 g/mol. The van der Waals surface area contributed by atoms with Gasteiger partial charge in [-0.25, -0.2) is 0 Å². The van der Waals surface area contributed by atoms with Gasteiger partial charge in [0.1, 0.15) is 0 Å². The van der Waals surface area contributed by atoms with Gasteiger partial charge in [0.15, 0.2) is 11.2 Å². The maximum atomic E-state index is 5.18. The Bertz CT molecular complexity index is 580. The van der Waals surface area contributed by atoms with E-state index in [-0.39, 0.29) is 4.90 Å². The molecular formula is C9H5NO2S. The number of nitrogens with one attached hydrogen (secondary N) is 1. The summed E-state index contributed by atoms with van der Waals surface area (Å²) in [5.74, 6) is 0. The third-order valence-electron chi connectivity index (χ3n) is 2.00. The molecule has 0 saturated carbocycles. The van der Waals surface area contributed by atoms with E-state index in [0.29, 0.717) is 11.2 Å².